The number of carbonyl (C=O) groups excluding carboxylic acids is 1. The van der Waals surface area contributed by atoms with Crippen molar-refractivity contribution in [2.75, 3.05) is 24.5 Å². The fourth-order valence-electron chi connectivity index (χ4n) is 1.78. The van der Waals surface area contributed by atoms with Crippen molar-refractivity contribution in [3.05, 3.63) is 18.2 Å². The van der Waals surface area contributed by atoms with E-state index in [9.17, 15) is 4.79 Å². The molecule has 1 amide bonds. The normalized spacial score (nSPS) is 13.7. The summed E-state index contributed by atoms with van der Waals surface area (Å²) >= 11 is 2.78. The van der Waals surface area contributed by atoms with Crippen LogP contribution in [0.4, 0.5) is 10.8 Å². The van der Waals surface area contributed by atoms with Gasteiger partial charge in [0.15, 0.2) is 15.8 Å². The number of fused-ring (bicyclic) bond motifs is 1. The first-order valence-corrected chi connectivity index (χ1v) is 8.24. The molecule has 0 saturated heterocycles. The van der Waals surface area contributed by atoms with Gasteiger partial charge >= 0.3 is 0 Å². The molecule has 2 N–H and O–H groups in total. The van der Waals surface area contributed by atoms with Crippen LogP contribution in [-0.4, -0.2) is 35.2 Å². The van der Waals surface area contributed by atoms with Crippen LogP contribution in [0.15, 0.2) is 22.5 Å². The summed E-state index contributed by atoms with van der Waals surface area (Å²) in [7, 11) is 1.78. The molecule has 1 atom stereocenters. The summed E-state index contributed by atoms with van der Waals surface area (Å²) in [6.07, 6.45) is 0. The van der Waals surface area contributed by atoms with E-state index in [0.717, 1.165) is 9.47 Å². The smallest absolute Gasteiger partial charge is 0.237 e. The topological polar surface area (TPSA) is 85.4 Å². The number of thioether (sulfide) groups is 1. The van der Waals surface area contributed by atoms with E-state index in [4.69, 9.17) is 9.47 Å². The Morgan fingerprint density at radius 2 is 2.18 bits per heavy atom. The number of rotatable bonds is 5. The van der Waals surface area contributed by atoms with Crippen LogP contribution in [0.5, 0.6) is 11.5 Å². The van der Waals surface area contributed by atoms with Gasteiger partial charge in [-0.05, 0) is 19.1 Å². The number of ether oxygens (including phenoxy) is 2. The Morgan fingerprint density at radius 1 is 1.36 bits per heavy atom. The minimum atomic E-state index is -0.289. The molecule has 0 radical (unpaired) electrons. The van der Waals surface area contributed by atoms with E-state index in [1.54, 1.807) is 25.2 Å². The minimum Gasteiger partial charge on any atom is -0.454 e. The van der Waals surface area contributed by atoms with Crippen LogP contribution >= 0.6 is 23.1 Å². The summed E-state index contributed by atoms with van der Waals surface area (Å²) in [4.78, 5) is 12.2. The van der Waals surface area contributed by atoms with Gasteiger partial charge in [0, 0.05) is 18.8 Å². The lowest BCUT2D eigenvalue weighted by molar-refractivity contribution is -0.115. The lowest BCUT2D eigenvalue weighted by Gasteiger charge is -2.10. The Bertz CT molecular complexity index is 692. The summed E-state index contributed by atoms with van der Waals surface area (Å²) in [5, 5.41) is 14.2. The molecule has 0 spiro atoms. The van der Waals surface area contributed by atoms with E-state index in [0.29, 0.717) is 17.2 Å². The fourth-order valence-corrected chi connectivity index (χ4v) is 3.63. The second kappa shape index (κ2) is 6.41. The SMILES string of the molecule is CNc1nnc(S[C@@H](C)C(=O)Nc2ccc3c(c2)OCO3)s1. The highest BCUT2D eigenvalue weighted by atomic mass is 32.2. The van der Waals surface area contributed by atoms with Gasteiger partial charge in [-0.2, -0.15) is 0 Å². The van der Waals surface area contributed by atoms with Crippen LogP contribution in [0.1, 0.15) is 6.92 Å². The van der Waals surface area contributed by atoms with E-state index in [1.165, 1.54) is 23.1 Å². The number of anilines is 2. The molecule has 0 fully saturated rings. The molecule has 1 aromatic heterocycles. The molecule has 3 rings (SSSR count). The number of aromatic nitrogens is 2. The molecule has 1 aliphatic heterocycles. The van der Waals surface area contributed by atoms with Crippen LogP contribution in [-0.2, 0) is 4.79 Å². The van der Waals surface area contributed by atoms with Crippen LogP contribution in [0.2, 0.25) is 0 Å². The molecule has 1 aromatic carbocycles. The van der Waals surface area contributed by atoms with Crippen molar-refractivity contribution in [1.29, 1.82) is 0 Å². The molecule has 0 saturated carbocycles. The fraction of sp³-hybridized carbons (Fsp3) is 0.308. The second-order valence-electron chi connectivity index (χ2n) is 4.44. The van der Waals surface area contributed by atoms with Crippen molar-refractivity contribution in [3.63, 3.8) is 0 Å². The van der Waals surface area contributed by atoms with E-state index in [2.05, 4.69) is 20.8 Å². The Kier molecular flexibility index (Phi) is 4.34. The quantitative estimate of drug-likeness (QED) is 0.810. The number of hydrogen-bond donors (Lipinski definition) is 2. The first kappa shape index (κ1) is 14.9. The monoisotopic (exact) mass is 338 g/mol. The molecule has 2 aromatic rings. The van der Waals surface area contributed by atoms with E-state index < -0.39 is 0 Å². The van der Waals surface area contributed by atoms with Gasteiger partial charge in [-0.15, -0.1) is 10.2 Å². The predicted molar refractivity (Wildman–Crippen MR) is 86.0 cm³/mol. The van der Waals surface area contributed by atoms with Gasteiger partial charge in [0.05, 0.1) is 5.25 Å². The van der Waals surface area contributed by atoms with Crippen molar-refractivity contribution in [1.82, 2.24) is 10.2 Å². The number of benzene rings is 1. The van der Waals surface area contributed by atoms with Crippen LogP contribution in [0.25, 0.3) is 0 Å². The number of amides is 1. The third-order valence-corrected chi connectivity index (χ3v) is 5.03. The summed E-state index contributed by atoms with van der Waals surface area (Å²) in [6, 6.07) is 5.31. The van der Waals surface area contributed by atoms with E-state index in [-0.39, 0.29) is 18.0 Å². The maximum Gasteiger partial charge on any atom is 0.237 e. The number of carbonyl (C=O) groups is 1. The summed E-state index contributed by atoms with van der Waals surface area (Å²) in [6.45, 7) is 2.04. The van der Waals surface area contributed by atoms with E-state index >= 15 is 0 Å². The Labute approximate surface area is 135 Å². The highest BCUT2D eigenvalue weighted by molar-refractivity contribution is 8.02. The number of nitrogens with zero attached hydrogens (tertiary/aromatic N) is 2. The molecule has 7 nitrogen and oxygen atoms in total. The molecular formula is C13H14N4O3S2. The van der Waals surface area contributed by atoms with Crippen molar-refractivity contribution in [2.45, 2.75) is 16.5 Å². The average Bonchev–Trinajstić information content (AvgIpc) is 3.15. The summed E-state index contributed by atoms with van der Waals surface area (Å²) in [5.74, 6) is 1.22. The summed E-state index contributed by atoms with van der Waals surface area (Å²) < 4.78 is 11.3. The lowest BCUT2D eigenvalue weighted by Crippen LogP contribution is -2.22. The Balaban J connectivity index is 1.61. The molecular weight excluding hydrogens is 324 g/mol. The van der Waals surface area contributed by atoms with Gasteiger partial charge in [-0.25, -0.2) is 0 Å². The Morgan fingerprint density at radius 3 is 2.95 bits per heavy atom. The van der Waals surface area contributed by atoms with Crippen LogP contribution in [0.3, 0.4) is 0 Å². The molecule has 0 bridgehead atoms. The van der Waals surface area contributed by atoms with Gasteiger partial charge in [-0.1, -0.05) is 23.1 Å². The molecule has 116 valence electrons. The highest BCUT2D eigenvalue weighted by Crippen LogP contribution is 2.34. The van der Waals surface area contributed by atoms with Crippen molar-refractivity contribution in [3.8, 4) is 11.5 Å². The summed E-state index contributed by atoms with van der Waals surface area (Å²) in [5.41, 5.74) is 0.676. The molecule has 1 aliphatic rings. The zero-order chi connectivity index (χ0) is 15.5. The second-order valence-corrected chi connectivity index (χ2v) is 7.01. The van der Waals surface area contributed by atoms with Crippen molar-refractivity contribution in [2.24, 2.45) is 0 Å². The maximum atomic E-state index is 12.2. The predicted octanol–water partition coefficient (Wildman–Crippen LogP) is 2.43. The average molecular weight is 338 g/mol. The molecule has 0 aliphatic carbocycles. The highest BCUT2D eigenvalue weighted by Gasteiger charge is 2.19. The van der Waals surface area contributed by atoms with Crippen LogP contribution < -0.4 is 20.1 Å². The standard InChI is InChI=1S/C13H14N4O3S2/c1-7(21-13-17-16-12(14-2)22-13)11(18)15-8-3-4-9-10(5-8)20-6-19-9/h3-5,7H,6H2,1-2H3,(H,14,16)(H,15,18)/t7-/m0/s1. The van der Waals surface area contributed by atoms with Gasteiger partial charge in [0.1, 0.15) is 0 Å². The van der Waals surface area contributed by atoms with E-state index in [1.807, 2.05) is 6.92 Å². The number of hydrogen-bond acceptors (Lipinski definition) is 8. The Hall–Kier alpha value is -2.00. The third kappa shape index (κ3) is 3.25. The maximum absolute atomic E-state index is 12.2. The zero-order valence-electron chi connectivity index (χ0n) is 12.0. The van der Waals surface area contributed by atoms with Crippen molar-refractivity contribution >= 4 is 39.8 Å². The third-order valence-electron chi connectivity index (χ3n) is 2.91. The number of nitrogens with one attached hydrogen (secondary N) is 2. The molecule has 0 unspecified atom stereocenters. The largest absolute Gasteiger partial charge is 0.454 e. The first-order valence-electron chi connectivity index (χ1n) is 6.54. The molecule has 2 heterocycles. The van der Waals surface area contributed by atoms with Crippen molar-refractivity contribution < 1.29 is 14.3 Å². The van der Waals surface area contributed by atoms with Gasteiger partial charge < -0.3 is 20.1 Å². The first-order chi connectivity index (χ1) is 10.7. The molecule has 9 heteroatoms. The van der Waals surface area contributed by atoms with Gasteiger partial charge in [0.25, 0.3) is 0 Å². The zero-order valence-corrected chi connectivity index (χ0v) is 13.6. The van der Waals surface area contributed by atoms with Gasteiger partial charge in [0.2, 0.25) is 17.8 Å². The van der Waals surface area contributed by atoms with Gasteiger partial charge in [-0.3, -0.25) is 4.79 Å². The minimum absolute atomic E-state index is 0.106. The van der Waals surface area contributed by atoms with Crippen LogP contribution in [0, 0.1) is 0 Å². The lowest BCUT2D eigenvalue weighted by atomic mass is 10.2. The molecule has 22 heavy (non-hydrogen) atoms.